The number of rotatable bonds is 7. The maximum Gasteiger partial charge on any atom is 0.356 e. The van der Waals surface area contributed by atoms with E-state index in [1.807, 2.05) is 69.3 Å². The van der Waals surface area contributed by atoms with Crippen molar-refractivity contribution in [3.05, 3.63) is 139 Å². The first-order valence-electron chi connectivity index (χ1n) is 15.5. The molecule has 3 aromatic carbocycles. The van der Waals surface area contributed by atoms with Gasteiger partial charge in [0.2, 0.25) is 8.87 Å². The number of carbonyl (C=O) groups is 2. The first-order valence-corrected chi connectivity index (χ1v) is 19.1. The first-order chi connectivity index (χ1) is 25.1. The van der Waals surface area contributed by atoms with Gasteiger partial charge >= 0.3 is 11.9 Å². The molecule has 0 amide bonds. The van der Waals surface area contributed by atoms with Crippen LogP contribution in [0.1, 0.15) is 41.7 Å². The lowest BCUT2D eigenvalue weighted by atomic mass is 10.1. The summed E-state index contributed by atoms with van der Waals surface area (Å²) in [4.78, 5) is 36.3. The van der Waals surface area contributed by atoms with Gasteiger partial charge in [-0.05, 0) is 69.3 Å². The second kappa shape index (κ2) is 20.1. The summed E-state index contributed by atoms with van der Waals surface area (Å²) in [5, 5.41) is 3.48. The number of amidine groups is 1. The average Bonchev–Trinajstić information content (AvgIpc) is 3.14. The van der Waals surface area contributed by atoms with Gasteiger partial charge in [0.25, 0.3) is 0 Å². The minimum Gasteiger partial charge on any atom is -0.464 e. The molecule has 0 aliphatic carbocycles. The second-order valence-electron chi connectivity index (χ2n) is 11.4. The third-order valence-electron chi connectivity index (χ3n) is 6.15. The number of benzene rings is 3. The summed E-state index contributed by atoms with van der Waals surface area (Å²) < 4.78 is 59.6. The minimum absolute atomic E-state index is 0.00333. The highest BCUT2D eigenvalue weighted by Crippen LogP contribution is 2.30. The zero-order valence-corrected chi connectivity index (χ0v) is 31.8. The summed E-state index contributed by atoms with van der Waals surface area (Å²) >= 11 is 1.37. The van der Waals surface area contributed by atoms with Gasteiger partial charge in [-0.3, -0.25) is 4.99 Å². The number of aromatic nitrogens is 2. The van der Waals surface area contributed by atoms with Crippen molar-refractivity contribution < 1.29 is 36.3 Å². The van der Waals surface area contributed by atoms with E-state index in [1.54, 1.807) is 42.5 Å². The Morgan fingerprint density at radius 2 is 1.23 bits per heavy atom. The van der Waals surface area contributed by atoms with Crippen LogP contribution >= 0.6 is 22.6 Å². The van der Waals surface area contributed by atoms with E-state index >= 15 is 0 Å². The number of nitrogens with one attached hydrogen (secondary N) is 1. The summed E-state index contributed by atoms with van der Waals surface area (Å²) in [7, 11) is 0.0346. The van der Waals surface area contributed by atoms with Crippen molar-refractivity contribution in [1.82, 2.24) is 9.97 Å². The van der Waals surface area contributed by atoms with E-state index in [2.05, 4.69) is 29.8 Å². The number of pyridine rings is 2. The highest BCUT2D eigenvalue weighted by Gasteiger charge is 2.17. The Balaban J connectivity index is 0.000000231. The van der Waals surface area contributed by atoms with Gasteiger partial charge in [0.15, 0.2) is 28.2 Å². The van der Waals surface area contributed by atoms with Gasteiger partial charge < -0.3 is 20.5 Å². The molecule has 0 saturated carbocycles. The number of carbonyl (C=O) groups excluding carboxylic acids is 2. The molecule has 0 saturated heterocycles. The second-order valence-corrected chi connectivity index (χ2v) is 16.3. The lowest BCUT2D eigenvalue weighted by molar-refractivity contribution is 0.0585. The fourth-order valence-corrected chi connectivity index (χ4v) is 7.58. The summed E-state index contributed by atoms with van der Waals surface area (Å²) in [6, 6.07) is 29.6. The molecular weight excluding hydrogens is 745 g/mol. The Bertz CT molecular complexity index is 2100. The van der Waals surface area contributed by atoms with Crippen LogP contribution in [0.3, 0.4) is 0 Å². The molecule has 5 rings (SSSR count). The number of ether oxygens (including phenoxy) is 2. The molecule has 0 fully saturated rings. The zero-order valence-electron chi connectivity index (χ0n) is 29.3. The normalized spacial score (nSPS) is 11.2. The topological polar surface area (TPSA) is 163 Å². The molecule has 0 aliphatic rings. The SMILES string of the molecule is COC(=O)c1cc(N)c(F)cn1.COC(=O)c1cc(NC(=NC(C)(C)C)Sc2ccccc2)c(F)cn1.O=S(=O)(Sc1ccccc1)c1ccccc1. The molecule has 0 atom stereocenters. The number of methoxy groups -OCH3 is 2. The van der Waals surface area contributed by atoms with Crippen LogP contribution < -0.4 is 11.1 Å². The smallest absolute Gasteiger partial charge is 0.356 e. The van der Waals surface area contributed by atoms with Crippen LogP contribution in [0.15, 0.2) is 135 Å². The molecule has 0 radical (unpaired) electrons. The Kier molecular flexibility index (Phi) is 15.9. The van der Waals surface area contributed by atoms with Crippen molar-refractivity contribution in [3.8, 4) is 0 Å². The van der Waals surface area contributed by atoms with Gasteiger partial charge in [0, 0.05) is 20.6 Å². The molecule has 16 heteroatoms. The van der Waals surface area contributed by atoms with Gasteiger partial charge in [-0.25, -0.2) is 36.8 Å². The molecule has 2 heterocycles. The number of anilines is 2. The van der Waals surface area contributed by atoms with Gasteiger partial charge in [0.1, 0.15) is 0 Å². The number of nitrogens with zero attached hydrogens (tertiary/aromatic N) is 3. The fraction of sp³-hybridized carbons (Fsp3) is 0.162. The summed E-state index contributed by atoms with van der Waals surface area (Å²) in [5.74, 6) is -2.50. The van der Waals surface area contributed by atoms with Crippen LogP contribution in [0.2, 0.25) is 0 Å². The highest BCUT2D eigenvalue weighted by molar-refractivity contribution is 8.72. The number of halogens is 2. The number of thioether (sulfide) groups is 1. The van der Waals surface area contributed by atoms with E-state index in [4.69, 9.17) is 5.73 Å². The average molecular weight is 782 g/mol. The summed E-state index contributed by atoms with van der Waals surface area (Å²) in [6.45, 7) is 5.84. The molecule has 53 heavy (non-hydrogen) atoms. The number of aliphatic imine (C=N–C) groups is 1. The van der Waals surface area contributed by atoms with E-state index in [1.165, 1.54) is 32.0 Å². The molecule has 5 aromatic rings. The third kappa shape index (κ3) is 14.3. The monoisotopic (exact) mass is 781 g/mol. The Hall–Kier alpha value is -5.32. The molecular formula is C37H37F2N5O6S3. The first kappa shape index (κ1) is 42.1. The zero-order chi connectivity index (χ0) is 39.0. The van der Waals surface area contributed by atoms with Gasteiger partial charge in [0.05, 0.1) is 48.4 Å². The number of hydrogen-bond acceptors (Lipinski definition) is 12. The molecule has 0 spiro atoms. The van der Waals surface area contributed by atoms with Crippen LogP contribution in [0, 0.1) is 11.6 Å². The van der Waals surface area contributed by atoms with Gasteiger partial charge in [-0.1, -0.05) is 66.4 Å². The van der Waals surface area contributed by atoms with Crippen molar-refractivity contribution in [2.24, 2.45) is 4.99 Å². The Labute approximate surface area is 314 Å². The lowest BCUT2D eigenvalue weighted by Gasteiger charge is -2.17. The fourth-order valence-electron chi connectivity index (χ4n) is 3.76. The number of hydrogen-bond donors (Lipinski definition) is 2. The molecule has 0 aliphatic heterocycles. The van der Waals surface area contributed by atoms with E-state index in [-0.39, 0.29) is 28.3 Å². The highest BCUT2D eigenvalue weighted by atomic mass is 33.1. The van der Waals surface area contributed by atoms with Crippen molar-refractivity contribution >= 4 is 59.9 Å². The van der Waals surface area contributed by atoms with E-state index in [0.717, 1.165) is 39.0 Å². The van der Waals surface area contributed by atoms with E-state index in [0.29, 0.717) is 10.1 Å². The van der Waals surface area contributed by atoms with Crippen LogP contribution in [-0.4, -0.2) is 55.3 Å². The van der Waals surface area contributed by atoms with Gasteiger partial charge in [-0.2, -0.15) is 0 Å². The maximum absolute atomic E-state index is 14.1. The lowest BCUT2D eigenvalue weighted by Crippen LogP contribution is -2.18. The third-order valence-corrected chi connectivity index (χ3v) is 10.4. The molecule has 11 nitrogen and oxygen atoms in total. The van der Waals surface area contributed by atoms with E-state index in [9.17, 15) is 26.8 Å². The number of nitrogen functional groups attached to an aromatic ring is 1. The Morgan fingerprint density at radius 1 is 0.755 bits per heavy atom. The van der Waals surface area contributed by atoms with Crippen LogP contribution in [0.4, 0.5) is 20.2 Å². The van der Waals surface area contributed by atoms with Crippen molar-refractivity contribution in [2.45, 2.75) is 41.0 Å². The van der Waals surface area contributed by atoms with Crippen LogP contribution in [0.25, 0.3) is 0 Å². The van der Waals surface area contributed by atoms with Crippen LogP contribution in [0.5, 0.6) is 0 Å². The molecule has 0 bridgehead atoms. The largest absolute Gasteiger partial charge is 0.464 e. The predicted octanol–water partition coefficient (Wildman–Crippen LogP) is 8.12. The van der Waals surface area contributed by atoms with Gasteiger partial charge in [-0.15, -0.1) is 0 Å². The van der Waals surface area contributed by atoms with Crippen molar-refractivity contribution in [2.75, 3.05) is 25.3 Å². The standard InChI is InChI=1S/C18H20FN3O2S.C12H10O2S2.C7H7FN2O2/c1-18(2,3)22-17(25-12-8-6-5-7-9-12)21-14-10-15(16(23)24-4)20-11-13(14)19;13-16(14,12-9-5-2-6-10-12)15-11-7-3-1-4-8-11;1-12-7(11)6-2-5(9)4(8)3-10-6/h5-11H,1-4H3,(H,20,21,22);1-10H;2-3H,1H3,(H2,9,10). The molecule has 3 N–H and O–H groups in total. The number of esters is 2. The van der Waals surface area contributed by atoms with Crippen molar-refractivity contribution in [3.63, 3.8) is 0 Å². The van der Waals surface area contributed by atoms with E-state index < -0.39 is 32.4 Å². The quantitative estimate of drug-likeness (QED) is 0.0537. The predicted molar refractivity (Wildman–Crippen MR) is 205 cm³/mol. The maximum atomic E-state index is 14.1. The Morgan fingerprint density at radius 3 is 1.72 bits per heavy atom. The van der Waals surface area contributed by atoms with Crippen LogP contribution in [-0.2, 0) is 18.3 Å². The molecule has 2 aromatic heterocycles. The summed E-state index contributed by atoms with van der Waals surface area (Å²) in [5.41, 5.74) is 4.84. The molecule has 278 valence electrons. The minimum atomic E-state index is -3.30. The van der Waals surface area contributed by atoms with Crippen molar-refractivity contribution in [1.29, 1.82) is 0 Å². The summed E-state index contributed by atoms with van der Waals surface area (Å²) in [6.07, 6.45) is 1.86. The number of nitrogens with two attached hydrogens (primary N) is 1. The molecule has 0 unspecified atom stereocenters.